The third-order valence-electron chi connectivity index (χ3n) is 1.60. The average Bonchev–Trinajstić information content (AvgIpc) is 2.15. The topological polar surface area (TPSA) is 47.0 Å². The Morgan fingerprint density at radius 3 is 2.47 bits per heavy atom. The number of halogens is 4. The highest BCUT2D eigenvalue weighted by molar-refractivity contribution is 8.13. The summed E-state index contributed by atoms with van der Waals surface area (Å²) < 4.78 is 46.4. The van der Waals surface area contributed by atoms with Gasteiger partial charge in [0.05, 0.1) is 0 Å². The summed E-state index contributed by atoms with van der Waals surface area (Å²) >= 11 is 5.42. The van der Waals surface area contributed by atoms with Crippen LogP contribution in [0, 0.1) is 0 Å². The van der Waals surface area contributed by atoms with Crippen LogP contribution in [0.5, 0.6) is 0 Å². The molecule has 3 nitrogen and oxygen atoms in total. The van der Waals surface area contributed by atoms with Gasteiger partial charge in [0.2, 0.25) is 0 Å². The highest BCUT2D eigenvalue weighted by Gasteiger charge is 2.19. The molecule has 0 bridgehead atoms. The first-order valence-corrected chi connectivity index (χ1v) is 6.48. The molecule has 0 saturated carbocycles. The summed E-state index contributed by atoms with van der Waals surface area (Å²) in [5.41, 5.74) is -0.522. The van der Waals surface area contributed by atoms with Gasteiger partial charge in [-0.05, 0) is 11.6 Å². The summed E-state index contributed by atoms with van der Waals surface area (Å²) in [7, 11) is 1.05. The van der Waals surface area contributed by atoms with Crippen molar-refractivity contribution in [3.05, 3.63) is 23.5 Å². The maximum absolute atomic E-state index is 12.2. The number of pyridine rings is 1. The van der Waals surface area contributed by atoms with Crippen molar-refractivity contribution < 1.29 is 17.2 Å². The predicted molar refractivity (Wildman–Crippen MR) is 51.8 cm³/mol. The van der Waals surface area contributed by atoms with Crippen LogP contribution in [0.1, 0.15) is 17.7 Å². The van der Waals surface area contributed by atoms with E-state index in [1.807, 2.05) is 0 Å². The van der Waals surface area contributed by atoms with Gasteiger partial charge in [-0.15, -0.1) is 11.6 Å². The largest absolute Gasteiger partial charge is 0.280 e. The van der Waals surface area contributed by atoms with Gasteiger partial charge in [0.15, 0.2) is 0 Å². The van der Waals surface area contributed by atoms with Gasteiger partial charge in [0, 0.05) is 22.8 Å². The first kappa shape index (κ1) is 12.6. The van der Waals surface area contributed by atoms with Crippen LogP contribution >= 0.6 is 22.3 Å². The van der Waals surface area contributed by atoms with Gasteiger partial charge in [-0.1, -0.05) is 0 Å². The summed E-state index contributed by atoms with van der Waals surface area (Å²) in [6.07, 6.45) is -2.00. The van der Waals surface area contributed by atoms with E-state index in [-0.39, 0.29) is 16.3 Å². The van der Waals surface area contributed by atoms with Crippen molar-refractivity contribution in [1.82, 2.24) is 4.98 Å². The molecule has 0 N–H and O–H groups in total. The highest BCUT2D eigenvalue weighted by Crippen LogP contribution is 2.25. The first-order valence-electron chi connectivity index (χ1n) is 3.64. The van der Waals surface area contributed by atoms with Crippen LogP contribution in [0.4, 0.5) is 8.78 Å². The van der Waals surface area contributed by atoms with Crippen LogP contribution in [-0.2, 0) is 14.9 Å². The SMILES string of the molecule is O=S(=O)(Cl)c1cnc(C(F)F)cc1CCl. The van der Waals surface area contributed by atoms with Crippen molar-refractivity contribution in [2.75, 3.05) is 0 Å². The van der Waals surface area contributed by atoms with Crippen LogP contribution in [0.2, 0.25) is 0 Å². The Kier molecular flexibility index (Phi) is 3.86. The molecule has 0 aromatic carbocycles. The molecule has 0 radical (unpaired) electrons. The minimum atomic E-state index is -4.01. The minimum Gasteiger partial charge on any atom is -0.254 e. The van der Waals surface area contributed by atoms with E-state index in [4.69, 9.17) is 22.3 Å². The molecule has 84 valence electrons. The highest BCUT2D eigenvalue weighted by atomic mass is 35.7. The third-order valence-corrected chi connectivity index (χ3v) is 3.28. The summed E-state index contributed by atoms with van der Waals surface area (Å²) in [5.74, 6) is -0.233. The fraction of sp³-hybridized carbons (Fsp3) is 0.286. The standard InChI is InChI=1S/C7H5Cl2F2NO2S/c8-2-4-1-5(7(10)11)12-3-6(4)15(9,13)14/h1,3,7H,2H2. The van der Waals surface area contributed by atoms with Gasteiger partial charge in [-0.3, -0.25) is 4.98 Å². The summed E-state index contributed by atoms with van der Waals surface area (Å²) in [6.45, 7) is 0. The Labute approximate surface area is 94.4 Å². The number of alkyl halides is 3. The summed E-state index contributed by atoms with van der Waals surface area (Å²) in [6, 6.07) is 0.924. The van der Waals surface area contributed by atoms with Gasteiger partial charge in [0.1, 0.15) is 10.6 Å². The fourth-order valence-corrected chi connectivity index (χ4v) is 2.29. The molecule has 1 rings (SSSR count). The number of hydrogen-bond acceptors (Lipinski definition) is 3. The predicted octanol–water partition coefficient (Wildman–Crippen LogP) is 2.69. The number of nitrogens with zero attached hydrogens (tertiary/aromatic N) is 1. The van der Waals surface area contributed by atoms with Gasteiger partial charge in [0.25, 0.3) is 15.5 Å². The van der Waals surface area contributed by atoms with Gasteiger partial charge in [-0.2, -0.15) is 0 Å². The molecule has 0 aliphatic rings. The molecule has 1 aromatic heterocycles. The lowest BCUT2D eigenvalue weighted by Gasteiger charge is -2.05. The normalized spacial score (nSPS) is 12.1. The molecular weight excluding hydrogens is 271 g/mol. The van der Waals surface area contributed by atoms with E-state index in [2.05, 4.69) is 4.98 Å². The lowest BCUT2D eigenvalue weighted by molar-refractivity contribution is 0.146. The first-order chi connectivity index (χ1) is 6.86. The van der Waals surface area contributed by atoms with Gasteiger partial charge >= 0.3 is 0 Å². The third kappa shape index (κ3) is 2.99. The van der Waals surface area contributed by atoms with Gasteiger partial charge in [-0.25, -0.2) is 17.2 Å². The maximum atomic E-state index is 12.2. The van der Waals surface area contributed by atoms with E-state index in [0.29, 0.717) is 0 Å². The van der Waals surface area contributed by atoms with Crippen LogP contribution < -0.4 is 0 Å². The Morgan fingerprint density at radius 1 is 1.47 bits per heavy atom. The maximum Gasteiger partial charge on any atom is 0.280 e. The van der Waals surface area contributed by atoms with Crippen molar-refractivity contribution in [3.63, 3.8) is 0 Å². The van der Waals surface area contributed by atoms with E-state index in [1.54, 1.807) is 0 Å². The van der Waals surface area contributed by atoms with E-state index in [9.17, 15) is 17.2 Å². The monoisotopic (exact) mass is 275 g/mol. The Balaban J connectivity index is 3.34. The molecule has 0 saturated heterocycles. The second-order valence-electron chi connectivity index (χ2n) is 2.59. The molecule has 0 fully saturated rings. The Morgan fingerprint density at radius 2 is 2.07 bits per heavy atom. The molecule has 0 unspecified atom stereocenters. The number of aromatic nitrogens is 1. The average molecular weight is 276 g/mol. The van der Waals surface area contributed by atoms with E-state index in [0.717, 1.165) is 12.3 Å². The fourth-order valence-electron chi connectivity index (χ4n) is 0.946. The van der Waals surface area contributed by atoms with E-state index in [1.165, 1.54) is 0 Å². The van der Waals surface area contributed by atoms with Crippen molar-refractivity contribution in [1.29, 1.82) is 0 Å². The zero-order valence-electron chi connectivity index (χ0n) is 7.12. The molecular formula is C7H5Cl2F2NO2S. The van der Waals surface area contributed by atoms with Gasteiger partial charge < -0.3 is 0 Å². The molecule has 0 spiro atoms. The van der Waals surface area contributed by atoms with E-state index < -0.39 is 21.2 Å². The molecule has 1 aromatic rings. The molecule has 0 aliphatic heterocycles. The Hall–Kier alpha value is -0.460. The Bertz CT molecular complexity index is 464. The lowest BCUT2D eigenvalue weighted by atomic mass is 10.2. The van der Waals surface area contributed by atoms with Crippen molar-refractivity contribution in [3.8, 4) is 0 Å². The van der Waals surface area contributed by atoms with Crippen molar-refractivity contribution in [2.45, 2.75) is 17.2 Å². The molecule has 0 aliphatic carbocycles. The zero-order valence-corrected chi connectivity index (χ0v) is 9.45. The van der Waals surface area contributed by atoms with Crippen molar-refractivity contribution in [2.24, 2.45) is 0 Å². The smallest absolute Gasteiger partial charge is 0.254 e. The molecule has 15 heavy (non-hydrogen) atoms. The minimum absolute atomic E-state index is 0.0111. The van der Waals surface area contributed by atoms with Crippen LogP contribution in [0.15, 0.2) is 17.2 Å². The van der Waals surface area contributed by atoms with Crippen LogP contribution in [0.25, 0.3) is 0 Å². The number of rotatable bonds is 3. The second-order valence-corrected chi connectivity index (χ2v) is 5.39. The second kappa shape index (κ2) is 4.59. The lowest BCUT2D eigenvalue weighted by Crippen LogP contribution is -2.01. The molecule has 1 heterocycles. The molecule has 0 amide bonds. The van der Waals surface area contributed by atoms with Crippen LogP contribution in [-0.4, -0.2) is 13.4 Å². The van der Waals surface area contributed by atoms with Crippen molar-refractivity contribution >= 4 is 31.3 Å². The molecule has 0 atom stereocenters. The zero-order chi connectivity index (χ0) is 11.6. The number of hydrogen-bond donors (Lipinski definition) is 0. The quantitative estimate of drug-likeness (QED) is 0.630. The summed E-state index contributed by atoms with van der Waals surface area (Å²) in [4.78, 5) is 2.94. The summed E-state index contributed by atoms with van der Waals surface area (Å²) in [5, 5.41) is 0. The van der Waals surface area contributed by atoms with E-state index >= 15 is 0 Å². The molecule has 8 heteroatoms. The van der Waals surface area contributed by atoms with Crippen LogP contribution in [0.3, 0.4) is 0 Å².